The average Bonchev–Trinajstić information content (AvgIpc) is 2.99. The molecular weight excluding hydrogens is 300 g/mol. The number of hydrogen-bond acceptors (Lipinski definition) is 3. The minimum absolute atomic E-state index is 0.00523. The van der Waals surface area contributed by atoms with Crippen molar-refractivity contribution in [3.8, 4) is 11.3 Å². The van der Waals surface area contributed by atoms with Crippen LogP contribution in [-0.4, -0.2) is 4.98 Å². The number of nitrogens with zero attached hydrogens (tertiary/aromatic N) is 1. The fourth-order valence-corrected chi connectivity index (χ4v) is 3.42. The van der Waals surface area contributed by atoms with Gasteiger partial charge in [0.2, 0.25) is 0 Å². The van der Waals surface area contributed by atoms with E-state index >= 15 is 0 Å². The Labute approximate surface area is 142 Å². The van der Waals surface area contributed by atoms with Crippen LogP contribution in [0, 0.1) is 20.8 Å². The van der Waals surface area contributed by atoms with Gasteiger partial charge in [-0.1, -0.05) is 42.0 Å². The predicted molar refractivity (Wildman–Crippen MR) is 98.8 cm³/mol. The zero-order valence-corrected chi connectivity index (χ0v) is 14.7. The Balaban J connectivity index is 1.76. The molecule has 0 radical (unpaired) electrons. The van der Waals surface area contributed by atoms with Gasteiger partial charge in [-0.3, -0.25) is 0 Å². The van der Waals surface area contributed by atoms with Crippen molar-refractivity contribution in [2.24, 2.45) is 5.73 Å². The summed E-state index contributed by atoms with van der Waals surface area (Å²) in [6, 6.07) is 14.9. The third-order valence-corrected chi connectivity index (χ3v) is 5.13. The normalized spacial score (nSPS) is 12.3. The largest absolute Gasteiger partial charge is 0.324 e. The molecule has 1 heterocycles. The van der Waals surface area contributed by atoms with Gasteiger partial charge < -0.3 is 5.73 Å². The maximum atomic E-state index is 6.34. The van der Waals surface area contributed by atoms with Crippen LogP contribution in [0.3, 0.4) is 0 Å². The van der Waals surface area contributed by atoms with E-state index < -0.39 is 0 Å². The summed E-state index contributed by atoms with van der Waals surface area (Å²) in [5, 5.41) is 3.22. The van der Waals surface area contributed by atoms with Crippen LogP contribution in [0.2, 0.25) is 0 Å². The number of hydrogen-bond donors (Lipinski definition) is 1. The molecule has 0 fully saturated rings. The molecule has 3 heteroatoms. The Morgan fingerprint density at radius 3 is 2.43 bits per heavy atom. The fourth-order valence-electron chi connectivity index (χ4n) is 2.56. The Hall–Kier alpha value is -1.97. The van der Waals surface area contributed by atoms with Gasteiger partial charge in [0.25, 0.3) is 0 Å². The molecule has 0 amide bonds. The molecule has 2 nitrogen and oxygen atoms in total. The van der Waals surface area contributed by atoms with Crippen molar-refractivity contribution >= 4 is 11.3 Å². The van der Waals surface area contributed by atoms with Gasteiger partial charge in [0, 0.05) is 23.4 Å². The molecule has 2 N–H and O–H groups in total. The van der Waals surface area contributed by atoms with Gasteiger partial charge in [0.15, 0.2) is 0 Å². The summed E-state index contributed by atoms with van der Waals surface area (Å²) in [5.41, 5.74) is 13.6. The van der Waals surface area contributed by atoms with Crippen molar-refractivity contribution in [1.29, 1.82) is 0 Å². The maximum Gasteiger partial charge on any atom is 0.0951 e. The van der Waals surface area contributed by atoms with E-state index in [1.54, 1.807) is 11.3 Å². The summed E-state index contributed by atoms with van der Waals surface area (Å²) < 4.78 is 0. The van der Waals surface area contributed by atoms with Gasteiger partial charge in [-0.25, -0.2) is 4.98 Å². The number of aromatic nitrogens is 1. The zero-order chi connectivity index (χ0) is 16.4. The summed E-state index contributed by atoms with van der Waals surface area (Å²) in [6.07, 6.45) is 0.776. The summed E-state index contributed by atoms with van der Waals surface area (Å²) in [5.74, 6) is 0. The van der Waals surface area contributed by atoms with E-state index in [1.807, 2.05) is 0 Å². The van der Waals surface area contributed by atoms with Crippen LogP contribution in [-0.2, 0) is 6.42 Å². The first kappa shape index (κ1) is 15.9. The second-order valence-corrected chi connectivity index (χ2v) is 7.09. The van der Waals surface area contributed by atoms with Crippen LogP contribution < -0.4 is 5.73 Å². The number of nitrogens with two attached hydrogens (primary N) is 1. The number of thiazole rings is 1. The quantitative estimate of drug-likeness (QED) is 0.736. The monoisotopic (exact) mass is 322 g/mol. The molecule has 0 saturated carbocycles. The first-order chi connectivity index (χ1) is 11.0. The molecule has 1 atom stereocenters. The van der Waals surface area contributed by atoms with E-state index in [9.17, 15) is 0 Å². The Morgan fingerprint density at radius 1 is 1.00 bits per heavy atom. The van der Waals surface area contributed by atoms with Gasteiger partial charge in [-0.2, -0.15) is 0 Å². The zero-order valence-electron chi connectivity index (χ0n) is 13.8. The van der Waals surface area contributed by atoms with Gasteiger partial charge in [0.1, 0.15) is 0 Å². The minimum atomic E-state index is -0.00523. The highest BCUT2D eigenvalue weighted by molar-refractivity contribution is 7.09. The van der Waals surface area contributed by atoms with Crippen molar-refractivity contribution in [2.75, 3.05) is 0 Å². The molecule has 0 spiro atoms. The molecule has 0 aliphatic carbocycles. The van der Waals surface area contributed by atoms with Crippen molar-refractivity contribution in [3.05, 3.63) is 75.1 Å². The SMILES string of the molecule is Cc1ccc(C(N)Cc2nc(-c3ccc(C)c(C)c3)cs2)cc1. The first-order valence-corrected chi connectivity index (χ1v) is 8.75. The summed E-state index contributed by atoms with van der Waals surface area (Å²) >= 11 is 1.69. The number of aryl methyl sites for hydroxylation is 3. The highest BCUT2D eigenvalue weighted by Gasteiger charge is 2.11. The molecule has 3 aromatic rings. The molecule has 1 unspecified atom stereocenters. The van der Waals surface area contributed by atoms with E-state index in [0.717, 1.165) is 17.1 Å². The van der Waals surface area contributed by atoms with Crippen LogP contribution in [0.5, 0.6) is 0 Å². The molecule has 0 bridgehead atoms. The summed E-state index contributed by atoms with van der Waals surface area (Å²) in [6.45, 7) is 6.36. The number of benzene rings is 2. The topological polar surface area (TPSA) is 38.9 Å². The minimum Gasteiger partial charge on any atom is -0.324 e. The summed E-state index contributed by atoms with van der Waals surface area (Å²) in [4.78, 5) is 4.77. The van der Waals surface area contributed by atoms with E-state index in [2.05, 4.69) is 68.6 Å². The van der Waals surface area contributed by atoms with E-state index in [-0.39, 0.29) is 6.04 Å². The van der Waals surface area contributed by atoms with Crippen molar-refractivity contribution in [3.63, 3.8) is 0 Å². The molecule has 3 rings (SSSR count). The van der Waals surface area contributed by atoms with Gasteiger partial charge in [-0.05, 0) is 43.5 Å². The first-order valence-electron chi connectivity index (χ1n) is 7.87. The Kier molecular flexibility index (Phi) is 4.60. The van der Waals surface area contributed by atoms with Crippen LogP contribution in [0.15, 0.2) is 47.8 Å². The lowest BCUT2D eigenvalue weighted by atomic mass is 10.0. The van der Waals surface area contributed by atoms with E-state index in [1.165, 1.54) is 27.8 Å². The standard InChI is InChI=1S/C20H22N2S/c1-13-4-7-16(8-5-13)18(21)11-20-22-19(12-23-20)17-9-6-14(2)15(3)10-17/h4-10,12,18H,11,21H2,1-3H3. The molecular formula is C20H22N2S. The molecule has 118 valence electrons. The molecule has 2 aromatic carbocycles. The van der Waals surface area contributed by atoms with E-state index in [4.69, 9.17) is 10.7 Å². The fraction of sp³-hybridized carbons (Fsp3) is 0.250. The van der Waals surface area contributed by atoms with Crippen molar-refractivity contribution in [2.45, 2.75) is 33.2 Å². The molecule has 0 saturated heterocycles. The van der Waals surface area contributed by atoms with Gasteiger partial charge in [-0.15, -0.1) is 11.3 Å². The molecule has 23 heavy (non-hydrogen) atoms. The van der Waals surface area contributed by atoms with Crippen LogP contribution in [0.4, 0.5) is 0 Å². The second kappa shape index (κ2) is 6.65. The van der Waals surface area contributed by atoms with Gasteiger partial charge in [0.05, 0.1) is 10.7 Å². The predicted octanol–water partition coefficient (Wildman–Crippen LogP) is 4.98. The molecule has 0 aliphatic heterocycles. The molecule has 0 aliphatic rings. The second-order valence-electron chi connectivity index (χ2n) is 6.15. The highest BCUT2D eigenvalue weighted by atomic mass is 32.1. The third kappa shape index (κ3) is 3.69. The van der Waals surface area contributed by atoms with Crippen molar-refractivity contribution in [1.82, 2.24) is 4.98 Å². The lowest BCUT2D eigenvalue weighted by Gasteiger charge is -2.10. The average molecular weight is 322 g/mol. The Morgan fingerprint density at radius 2 is 1.74 bits per heavy atom. The third-order valence-electron chi connectivity index (χ3n) is 4.25. The molecule has 1 aromatic heterocycles. The highest BCUT2D eigenvalue weighted by Crippen LogP contribution is 2.26. The number of rotatable bonds is 4. The van der Waals surface area contributed by atoms with Crippen LogP contribution in [0.1, 0.15) is 33.3 Å². The van der Waals surface area contributed by atoms with Crippen LogP contribution >= 0.6 is 11.3 Å². The van der Waals surface area contributed by atoms with Crippen molar-refractivity contribution < 1.29 is 0 Å². The lowest BCUT2D eigenvalue weighted by molar-refractivity contribution is 0.718. The van der Waals surface area contributed by atoms with E-state index in [0.29, 0.717) is 0 Å². The maximum absolute atomic E-state index is 6.34. The Bertz CT molecular complexity index is 803. The summed E-state index contributed by atoms with van der Waals surface area (Å²) in [7, 11) is 0. The van der Waals surface area contributed by atoms with Crippen LogP contribution in [0.25, 0.3) is 11.3 Å². The van der Waals surface area contributed by atoms with Gasteiger partial charge >= 0.3 is 0 Å². The smallest absolute Gasteiger partial charge is 0.0951 e. The lowest BCUT2D eigenvalue weighted by Crippen LogP contribution is -2.13.